The van der Waals surface area contributed by atoms with E-state index in [1.165, 1.54) is 14.2 Å². The number of ether oxygens (including phenoxy) is 3. The van der Waals surface area contributed by atoms with Gasteiger partial charge in [0.25, 0.3) is 0 Å². The largest absolute Gasteiger partial charge is 0.494 e. The molecule has 2 aromatic carbocycles. The summed E-state index contributed by atoms with van der Waals surface area (Å²) in [7, 11) is 3.05. The normalized spacial score (nSPS) is 11.1. The summed E-state index contributed by atoms with van der Waals surface area (Å²) < 4.78 is 16.0. The van der Waals surface area contributed by atoms with Crippen molar-refractivity contribution in [1.29, 1.82) is 0 Å². The van der Waals surface area contributed by atoms with E-state index >= 15 is 0 Å². The Morgan fingerprint density at radius 1 is 1.08 bits per heavy atom. The molecule has 0 aliphatic rings. The van der Waals surface area contributed by atoms with E-state index in [0.29, 0.717) is 29.4 Å². The third kappa shape index (κ3) is 4.76. The van der Waals surface area contributed by atoms with Gasteiger partial charge in [0.2, 0.25) is 0 Å². The van der Waals surface area contributed by atoms with Crippen LogP contribution in [0.1, 0.15) is 24.5 Å². The summed E-state index contributed by atoms with van der Waals surface area (Å²) in [5.74, 6) is 0.720. The molecule has 0 aliphatic carbocycles. The van der Waals surface area contributed by atoms with Crippen molar-refractivity contribution in [3.63, 3.8) is 0 Å². The van der Waals surface area contributed by atoms with Gasteiger partial charge < -0.3 is 19.3 Å². The second-order valence-electron chi connectivity index (χ2n) is 5.35. The van der Waals surface area contributed by atoms with Crippen molar-refractivity contribution in [3.05, 3.63) is 53.6 Å². The highest BCUT2D eigenvalue weighted by molar-refractivity contribution is 6.20. The van der Waals surface area contributed by atoms with Gasteiger partial charge in [0.05, 0.1) is 26.4 Å². The number of carbonyl (C=O) groups is 1. The van der Waals surface area contributed by atoms with Crippen LogP contribution in [0, 0.1) is 0 Å². The fourth-order valence-electron chi connectivity index (χ4n) is 2.35. The lowest BCUT2D eigenvalue weighted by Gasteiger charge is -2.10. The fraction of sp³-hybridized carbons (Fsp3) is 0.250. The molecule has 132 valence electrons. The van der Waals surface area contributed by atoms with E-state index in [-0.39, 0.29) is 5.57 Å². The Balaban J connectivity index is 2.41. The van der Waals surface area contributed by atoms with Gasteiger partial charge in [0.15, 0.2) is 11.5 Å². The molecule has 0 spiro atoms. The maximum Gasteiger partial charge on any atom is 0.336 e. The van der Waals surface area contributed by atoms with Gasteiger partial charge in [0, 0.05) is 0 Å². The molecule has 0 bridgehead atoms. The van der Waals surface area contributed by atoms with Gasteiger partial charge in [-0.3, -0.25) is 0 Å². The molecular formula is C20H22O5. The molecular weight excluding hydrogens is 320 g/mol. The van der Waals surface area contributed by atoms with Crippen LogP contribution in [0.15, 0.2) is 42.5 Å². The van der Waals surface area contributed by atoms with Crippen LogP contribution >= 0.6 is 0 Å². The SMILES string of the molecule is CCCOc1cccc(/C=C(\C(=O)O)c2ccc(OC)c(OC)c2)c1. The van der Waals surface area contributed by atoms with Crippen LogP contribution in [0.3, 0.4) is 0 Å². The number of methoxy groups -OCH3 is 2. The highest BCUT2D eigenvalue weighted by atomic mass is 16.5. The minimum absolute atomic E-state index is 0.161. The van der Waals surface area contributed by atoms with Crippen molar-refractivity contribution < 1.29 is 24.1 Å². The van der Waals surface area contributed by atoms with E-state index in [1.54, 1.807) is 24.3 Å². The third-order valence-electron chi connectivity index (χ3n) is 3.57. The molecule has 0 atom stereocenters. The van der Waals surface area contributed by atoms with Gasteiger partial charge in [-0.05, 0) is 47.9 Å². The van der Waals surface area contributed by atoms with E-state index in [0.717, 1.165) is 12.0 Å². The molecule has 0 aliphatic heterocycles. The lowest BCUT2D eigenvalue weighted by molar-refractivity contribution is -0.130. The minimum Gasteiger partial charge on any atom is -0.494 e. The van der Waals surface area contributed by atoms with Gasteiger partial charge in [-0.2, -0.15) is 0 Å². The number of hydrogen-bond donors (Lipinski definition) is 1. The maximum atomic E-state index is 11.7. The monoisotopic (exact) mass is 342 g/mol. The summed E-state index contributed by atoms with van der Waals surface area (Å²) in [4.78, 5) is 11.7. The molecule has 0 heterocycles. The van der Waals surface area contributed by atoms with Crippen LogP contribution in [0.4, 0.5) is 0 Å². The zero-order valence-electron chi connectivity index (χ0n) is 14.6. The number of carboxylic acids is 1. The average Bonchev–Trinajstić information content (AvgIpc) is 2.64. The van der Waals surface area contributed by atoms with Crippen LogP contribution in [0.5, 0.6) is 17.2 Å². The summed E-state index contributed by atoms with van der Waals surface area (Å²) >= 11 is 0. The Bertz CT molecular complexity index is 764. The Morgan fingerprint density at radius 3 is 2.48 bits per heavy atom. The Kier molecular flexibility index (Phi) is 6.46. The second-order valence-corrected chi connectivity index (χ2v) is 5.35. The quantitative estimate of drug-likeness (QED) is 0.577. The minimum atomic E-state index is -1.02. The van der Waals surface area contributed by atoms with Crippen molar-refractivity contribution in [2.75, 3.05) is 20.8 Å². The predicted molar refractivity (Wildman–Crippen MR) is 97.3 cm³/mol. The van der Waals surface area contributed by atoms with E-state index in [2.05, 4.69) is 0 Å². The first kappa shape index (κ1) is 18.4. The van der Waals surface area contributed by atoms with Gasteiger partial charge in [-0.1, -0.05) is 25.1 Å². The summed E-state index contributed by atoms with van der Waals surface area (Å²) in [5.41, 5.74) is 1.44. The van der Waals surface area contributed by atoms with Crippen LogP contribution in [-0.2, 0) is 4.79 Å². The van der Waals surface area contributed by atoms with Crippen LogP contribution in [0.2, 0.25) is 0 Å². The fourth-order valence-corrected chi connectivity index (χ4v) is 2.35. The molecule has 1 N–H and O–H groups in total. The first-order valence-electron chi connectivity index (χ1n) is 7.99. The first-order chi connectivity index (χ1) is 12.1. The van der Waals surface area contributed by atoms with Crippen molar-refractivity contribution in [1.82, 2.24) is 0 Å². The Labute approximate surface area is 147 Å². The van der Waals surface area contributed by atoms with E-state index < -0.39 is 5.97 Å². The average molecular weight is 342 g/mol. The van der Waals surface area contributed by atoms with Crippen LogP contribution in [0.25, 0.3) is 11.6 Å². The van der Waals surface area contributed by atoms with E-state index in [4.69, 9.17) is 14.2 Å². The van der Waals surface area contributed by atoms with Gasteiger partial charge >= 0.3 is 5.97 Å². The Hall–Kier alpha value is -2.95. The smallest absolute Gasteiger partial charge is 0.336 e. The predicted octanol–water partition coefficient (Wildman–Crippen LogP) is 4.12. The molecule has 5 nitrogen and oxygen atoms in total. The molecule has 2 rings (SSSR count). The maximum absolute atomic E-state index is 11.7. The third-order valence-corrected chi connectivity index (χ3v) is 3.57. The molecule has 0 amide bonds. The number of benzene rings is 2. The highest BCUT2D eigenvalue weighted by Gasteiger charge is 2.14. The van der Waals surface area contributed by atoms with Crippen molar-refractivity contribution in [2.45, 2.75) is 13.3 Å². The highest BCUT2D eigenvalue weighted by Crippen LogP contribution is 2.31. The molecule has 5 heteroatoms. The van der Waals surface area contributed by atoms with Crippen molar-refractivity contribution in [3.8, 4) is 17.2 Å². The summed E-state index contributed by atoms with van der Waals surface area (Å²) in [6, 6.07) is 12.4. The summed E-state index contributed by atoms with van der Waals surface area (Å²) in [6.45, 7) is 2.65. The zero-order valence-corrected chi connectivity index (χ0v) is 14.6. The van der Waals surface area contributed by atoms with Gasteiger partial charge in [-0.15, -0.1) is 0 Å². The van der Waals surface area contributed by atoms with E-state index in [1.807, 2.05) is 31.2 Å². The van der Waals surface area contributed by atoms with Gasteiger partial charge in [0.1, 0.15) is 5.75 Å². The van der Waals surface area contributed by atoms with E-state index in [9.17, 15) is 9.90 Å². The first-order valence-corrected chi connectivity index (χ1v) is 7.99. The van der Waals surface area contributed by atoms with Crippen molar-refractivity contribution in [2.24, 2.45) is 0 Å². The van der Waals surface area contributed by atoms with Crippen LogP contribution < -0.4 is 14.2 Å². The van der Waals surface area contributed by atoms with Crippen LogP contribution in [-0.4, -0.2) is 31.9 Å². The Morgan fingerprint density at radius 2 is 1.84 bits per heavy atom. The number of aliphatic carboxylic acids is 1. The summed E-state index contributed by atoms with van der Waals surface area (Å²) in [5, 5.41) is 9.62. The molecule has 0 fully saturated rings. The molecule has 0 unspecified atom stereocenters. The van der Waals surface area contributed by atoms with Crippen molar-refractivity contribution >= 4 is 17.6 Å². The lowest BCUT2D eigenvalue weighted by atomic mass is 10.0. The van der Waals surface area contributed by atoms with Gasteiger partial charge in [-0.25, -0.2) is 4.79 Å². The molecule has 0 aromatic heterocycles. The molecule has 0 saturated heterocycles. The zero-order chi connectivity index (χ0) is 18.2. The second kappa shape index (κ2) is 8.78. The molecule has 2 aromatic rings. The number of carboxylic acid groups (broad SMARTS) is 1. The summed E-state index contributed by atoms with van der Waals surface area (Å²) in [6.07, 6.45) is 2.52. The number of rotatable bonds is 8. The molecule has 0 saturated carbocycles. The lowest BCUT2D eigenvalue weighted by Crippen LogP contribution is -2.01. The molecule has 25 heavy (non-hydrogen) atoms. The topological polar surface area (TPSA) is 65.0 Å². The standard InChI is InChI=1S/C20H22O5/c1-4-10-25-16-7-5-6-14(11-16)12-17(20(21)22)15-8-9-18(23-2)19(13-15)24-3/h5-9,11-13H,4,10H2,1-3H3,(H,21,22)/b17-12-. The number of hydrogen-bond acceptors (Lipinski definition) is 4. The molecule has 0 radical (unpaired) electrons.